The van der Waals surface area contributed by atoms with Gasteiger partial charge in [-0.2, -0.15) is 4.31 Å². The van der Waals surface area contributed by atoms with Crippen LogP contribution in [-0.2, 0) is 26.1 Å². The number of morpholine rings is 1. The van der Waals surface area contributed by atoms with Crippen LogP contribution in [0.2, 0.25) is 0 Å². The molecule has 1 amide bonds. The Balaban J connectivity index is 1.73. The van der Waals surface area contributed by atoms with E-state index in [2.05, 4.69) is 4.98 Å². The third-order valence-electron chi connectivity index (χ3n) is 4.43. The third-order valence-corrected chi connectivity index (χ3v) is 6.22. The fourth-order valence-electron chi connectivity index (χ4n) is 3.02. The second-order valence-electron chi connectivity index (χ2n) is 6.38. The van der Waals surface area contributed by atoms with Crippen molar-refractivity contribution in [1.29, 1.82) is 0 Å². The summed E-state index contributed by atoms with van der Waals surface area (Å²) >= 11 is 0. The number of aromatic nitrogens is 2. The van der Waals surface area contributed by atoms with Gasteiger partial charge >= 0.3 is 0 Å². The van der Waals surface area contributed by atoms with E-state index in [1.807, 2.05) is 38.1 Å². The first-order chi connectivity index (χ1) is 12.9. The Kier molecular flexibility index (Phi) is 5.93. The fraction of sp³-hybridized carbons (Fsp3) is 0.444. The minimum atomic E-state index is -3.66. The monoisotopic (exact) mass is 392 g/mol. The van der Waals surface area contributed by atoms with E-state index in [4.69, 9.17) is 4.74 Å². The van der Waals surface area contributed by atoms with Crippen molar-refractivity contribution in [2.45, 2.75) is 25.4 Å². The second kappa shape index (κ2) is 8.20. The standard InChI is InChI=1S/C18H24N4O4S/c1-3-22(16-6-4-5-15(2)11-16)18(23)13-20-12-17(19-14-20)27(24,25)21-7-9-26-10-8-21/h4-6,11-12,14H,3,7-10,13H2,1-2H3. The van der Waals surface area contributed by atoms with Gasteiger partial charge in [0.25, 0.3) is 10.0 Å². The number of carbonyl (C=O) groups is 1. The Morgan fingerprint density at radius 2 is 2.04 bits per heavy atom. The SMILES string of the molecule is CCN(C(=O)Cn1cnc(S(=O)(=O)N2CCOCC2)c1)c1cccc(C)c1. The lowest BCUT2D eigenvalue weighted by Gasteiger charge is -2.25. The largest absolute Gasteiger partial charge is 0.379 e. The van der Waals surface area contributed by atoms with Gasteiger partial charge in [0, 0.05) is 31.5 Å². The van der Waals surface area contributed by atoms with Crippen LogP contribution in [0, 0.1) is 6.92 Å². The number of hydrogen-bond donors (Lipinski definition) is 0. The summed E-state index contributed by atoms with van der Waals surface area (Å²) in [5, 5.41) is -0.0456. The quantitative estimate of drug-likeness (QED) is 0.739. The van der Waals surface area contributed by atoms with Crippen LogP contribution in [0.4, 0.5) is 5.69 Å². The molecule has 0 bridgehead atoms. The zero-order valence-electron chi connectivity index (χ0n) is 15.5. The molecule has 1 aliphatic rings. The lowest BCUT2D eigenvalue weighted by molar-refractivity contribution is -0.119. The number of benzene rings is 1. The molecule has 0 aliphatic carbocycles. The van der Waals surface area contributed by atoms with E-state index in [0.29, 0.717) is 32.8 Å². The molecule has 0 atom stereocenters. The van der Waals surface area contributed by atoms with Crippen LogP contribution in [0.5, 0.6) is 0 Å². The van der Waals surface area contributed by atoms with Gasteiger partial charge < -0.3 is 14.2 Å². The number of amides is 1. The molecule has 0 N–H and O–H groups in total. The highest BCUT2D eigenvalue weighted by Gasteiger charge is 2.28. The van der Waals surface area contributed by atoms with Crippen LogP contribution in [0.25, 0.3) is 0 Å². The fourth-order valence-corrected chi connectivity index (χ4v) is 4.36. The van der Waals surface area contributed by atoms with Gasteiger partial charge in [-0.05, 0) is 31.5 Å². The molecule has 0 unspecified atom stereocenters. The molecule has 146 valence electrons. The third kappa shape index (κ3) is 4.37. The number of sulfonamides is 1. The molecule has 3 rings (SSSR count). The molecule has 0 saturated carbocycles. The van der Waals surface area contributed by atoms with E-state index in [9.17, 15) is 13.2 Å². The molecule has 9 heteroatoms. The number of hydrogen-bond acceptors (Lipinski definition) is 5. The van der Waals surface area contributed by atoms with Gasteiger partial charge in [0.15, 0.2) is 5.03 Å². The first-order valence-corrected chi connectivity index (χ1v) is 10.3. The summed E-state index contributed by atoms with van der Waals surface area (Å²) in [6.07, 6.45) is 2.79. The topological polar surface area (TPSA) is 84.7 Å². The van der Waals surface area contributed by atoms with Gasteiger partial charge in [-0.25, -0.2) is 13.4 Å². The summed E-state index contributed by atoms with van der Waals surface area (Å²) in [6, 6.07) is 7.71. The number of imidazole rings is 1. The zero-order chi connectivity index (χ0) is 19.4. The van der Waals surface area contributed by atoms with Gasteiger partial charge in [-0.3, -0.25) is 4.79 Å². The summed E-state index contributed by atoms with van der Waals surface area (Å²) in [7, 11) is -3.66. The number of aryl methyl sites for hydroxylation is 1. The molecule has 27 heavy (non-hydrogen) atoms. The minimum Gasteiger partial charge on any atom is -0.379 e. The molecule has 2 heterocycles. The zero-order valence-corrected chi connectivity index (χ0v) is 16.4. The van der Waals surface area contributed by atoms with Crippen molar-refractivity contribution in [2.24, 2.45) is 0 Å². The summed E-state index contributed by atoms with van der Waals surface area (Å²) in [4.78, 5) is 18.4. The molecule has 2 aromatic rings. The normalized spacial score (nSPS) is 15.6. The summed E-state index contributed by atoms with van der Waals surface area (Å²) in [5.41, 5.74) is 1.89. The van der Waals surface area contributed by atoms with Crippen LogP contribution < -0.4 is 4.90 Å². The molecule has 1 aromatic carbocycles. The number of anilines is 1. The van der Waals surface area contributed by atoms with Crippen LogP contribution in [0.1, 0.15) is 12.5 Å². The molecule has 0 radical (unpaired) electrons. The highest BCUT2D eigenvalue weighted by atomic mass is 32.2. The average Bonchev–Trinajstić information content (AvgIpc) is 3.12. The maximum absolute atomic E-state index is 12.7. The van der Waals surface area contributed by atoms with Crippen LogP contribution in [-0.4, -0.2) is 61.0 Å². The van der Waals surface area contributed by atoms with Crippen molar-refractivity contribution in [2.75, 3.05) is 37.7 Å². The van der Waals surface area contributed by atoms with Crippen LogP contribution >= 0.6 is 0 Å². The van der Waals surface area contributed by atoms with Crippen molar-refractivity contribution in [3.8, 4) is 0 Å². The summed E-state index contributed by atoms with van der Waals surface area (Å²) < 4.78 is 33.3. The highest BCUT2D eigenvalue weighted by molar-refractivity contribution is 7.89. The van der Waals surface area contributed by atoms with E-state index in [1.165, 1.54) is 21.4 Å². The number of nitrogens with zero attached hydrogens (tertiary/aromatic N) is 4. The Hall–Kier alpha value is -2.23. The number of ether oxygens (including phenoxy) is 1. The number of rotatable bonds is 6. The van der Waals surface area contributed by atoms with E-state index < -0.39 is 10.0 Å². The first kappa shape index (κ1) is 19.5. The lowest BCUT2D eigenvalue weighted by atomic mass is 10.2. The number of likely N-dealkylation sites (N-methyl/N-ethyl adjacent to an activating group) is 1. The van der Waals surface area contributed by atoms with Gasteiger partial charge in [0.1, 0.15) is 6.54 Å². The Morgan fingerprint density at radius 3 is 2.70 bits per heavy atom. The van der Waals surface area contributed by atoms with Gasteiger partial charge in [0.2, 0.25) is 5.91 Å². The minimum absolute atomic E-state index is 0.0212. The van der Waals surface area contributed by atoms with E-state index >= 15 is 0 Å². The number of carbonyl (C=O) groups excluding carboxylic acids is 1. The summed E-state index contributed by atoms with van der Waals surface area (Å²) in [6.45, 7) is 5.79. The second-order valence-corrected chi connectivity index (χ2v) is 8.26. The van der Waals surface area contributed by atoms with E-state index in [1.54, 1.807) is 4.90 Å². The Labute approximate surface area is 159 Å². The van der Waals surface area contributed by atoms with Crippen molar-refractivity contribution in [3.05, 3.63) is 42.4 Å². The van der Waals surface area contributed by atoms with Gasteiger partial charge in [-0.15, -0.1) is 0 Å². The van der Waals surface area contributed by atoms with Gasteiger partial charge in [-0.1, -0.05) is 12.1 Å². The van der Waals surface area contributed by atoms with Crippen molar-refractivity contribution in [1.82, 2.24) is 13.9 Å². The van der Waals surface area contributed by atoms with Crippen molar-refractivity contribution < 1.29 is 17.9 Å². The maximum atomic E-state index is 12.7. The molecule has 1 fully saturated rings. The predicted molar refractivity (Wildman–Crippen MR) is 101 cm³/mol. The molecule has 0 spiro atoms. The van der Waals surface area contributed by atoms with Crippen molar-refractivity contribution >= 4 is 21.6 Å². The van der Waals surface area contributed by atoms with E-state index in [0.717, 1.165) is 11.3 Å². The molecular weight excluding hydrogens is 368 g/mol. The van der Waals surface area contributed by atoms with Crippen LogP contribution in [0.3, 0.4) is 0 Å². The molecule has 1 saturated heterocycles. The highest BCUT2D eigenvalue weighted by Crippen LogP contribution is 2.18. The Bertz CT molecular complexity index is 904. The molecule has 8 nitrogen and oxygen atoms in total. The molecular formula is C18H24N4O4S. The predicted octanol–water partition coefficient (Wildman–Crippen LogP) is 1.27. The lowest BCUT2D eigenvalue weighted by Crippen LogP contribution is -2.40. The first-order valence-electron chi connectivity index (χ1n) is 8.88. The average molecular weight is 392 g/mol. The van der Waals surface area contributed by atoms with Crippen LogP contribution in [0.15, 0.2) is 41.8 Å². The smallest absolute Gasteiger partial charge is 0.262 e. The van der Waals surface area contributed by atoms with Crippen molar-refractivity contribution in [3.63, 3.8) is 0 Å². The maximum Gasteiger partial charge on any atom is 0.262 e. The summed E-state index contributed by atoms with van der Waals surface area (Å²) in [5.74, 6) is -0.129. The molecule has 1 aliphatic heterocycles. The Morgan fingerprint density at radius 1 is 1.30 bits per heavy atom. The molecule has 1 aromatic heterocycles. The van der Waals surface area contributed by atoms with Gasteiger partial charge in [0.05, 0.1) is 19.5 Å². The van der Waals surface area contributed by atoms with E-state index in [-0.39, 0.29) is 17.5 Å².